The van der Waals surface area contributed by atoms with Crippen LogP contribution in [0, 0.1) is 0 Å². The topological polar surface area (TPSA) is 408 Å². The van der Waals surface area contributed by atoms with Crippen LogP contribution in [0.2, 0.25) is 0 Å². The number of morpholine rings is 1. The number of likely N-dealkylation sites (tertiary alicyclic amines) is 1. The SMILES string of the molecule is CC(C)(I)C(=O)OCC[N+]1=CNCC1.CC(C)(I)C(=O)OCC[NH+]1CCCC1.CC(I)C(=O)OCC1=Nc2ccccc2[NH2+]1.CC(I)C(=O)OCCCC[NH+]1CCOCC1.CC(I)C(=O)OCCCc1[nH]c2ccccc2[nH+]1.CC(I)C(=O)OCCc1cc2ccccc2[nH]1.CN1CC[NH+](CCOC(=O)C(C)(C)I)CC1.COCCC[NH2+]CCCOC(=O)C(C)I.O=C(OCc1[nH]cc[nH+]1)C(I)c1ccccc1. The number of alkyl halides is 9. The molecule has 43 heteroatoms. The number of fused-ring (bicyclic) bond motifs is 3. The van der Waals surface area contributed by atoms with Gasteiger partial charge in [0.2, 0.25) is 12.2 Å². The van der Waals surface area contributed by atoms with Gasteiger partial charge in [-0.05, 0) is 144 Å². The molecule has 0 spiro atoms. The number of H-pyrrole nitrogens is 5. The van der Waals surface area contributed by atoms with E-state index in [0.29, 0.717) is 46.2 Å². The first-order valence-corrected chi connectivity index (χ1v) is 59.2. The van der Waals surface area contributed by atoms with Gasteiger partial charge in [0, 0.05) is 69.6 Å². The lowest BCUT2D eigenvalue weighted by Crippen LogP contribution is -3.15. The lowest BCUT2D eigenvalue weighted by Gasteiger charge is -2.29. The molecule has 13 N–H and O–H groups in total. The Bertz CT molecular complexity index is 4780. The van der Waals surface area contributed by atoms with E-state index in [1.54, 1.807) is 36.2 Å². The average Bonchev–Trinajstić information content (AvgIpc) is 1.71. The van der Waals surface area contributed by atoms with Crippen molar-refractivity contribution in [2.24, 2.45) is 4.99 Å². The number of aryl methyl sites for hydroxylation is 1. The third-order valence-corrected chi connectivity index (χ3v) is 26.6. The number of benzene rings is 4. The molecule has 0 saturated carbocycles. The zero-order valence-corrected chi connectivity index (χ0v) is 104. The third kappa shape index (κ3) is 60.5. The van der Waals surface area contributed by atoms with E-state index in [4.69, 9.17) is 52.1 Å². The molecular weight excluding hydrogens is 2860 g/mol. The Morgan fingerprint density at radius 1 is 0.517 bits per heavy atom. The van der Waals surface area contributed by atoms with Crippen molar-refractivity contribution in [2.75, 3.05) is 192 Å². The third-order valence-electron chi connectivity index (χ3n) is 21.5. The number of quaternary nitrogens is 5. The Labute approximate surface area is 966 Å². The quantitative estimate of drug-likeness (QED) is 0.00326. The number of nitrogens with one attached hydrogen (secondary N) is 9. The number of aliphatic imine (C=N–C) groups is 1. The number of carbonyl (C=O) groups excluding carboxylic acids is 9. The standard InChI is InChI=1S/C13H15IN2O2.C13H14INO2.C12H11IN2O2.C11H11IN2O2.C11H21IN2O2.C11H20INO3.C10H20INO3.C10H18INO2.C9H15IN2O2/c1-9(14)13(17)18-8-4-7-12-15-10-5-2-3-6-11(10)16-12;1-9(14)13(16)17-7-6-11-8-10-4-2-3-5-12(10)15-11;13-11(9-4-2-1-3-5-9)12(16)17-8-10-14-6-7-15-10;1-7(12)11(15)16-6-10-13-8-4-2-3-5-9(8)14-10;1-11(2,12)10(15)16-9-8-14-6-4-13(3)5-7-14;1-10(12)11(14)16-7-3-2-4-13-5-8-15-9-6-13;1-9(11)10(13)15-8-4-6-12-5-3-7-14-2;1-10(2,11)9(13)14-8-7-12-5-3-4-6-12;1-9(2,10)8(13)14-6-5-12-4-3-11-7-12/h2-3,5-6,9H,4,7-8H2,1H3,(H,15,16);2-5,8-9,15H,6-7H2,1H3;1-7,11H,8H2,(H,14,15);2-5,7H,6H2,1H3,(H,13,14);4-9H2,1-3H3;10H,2-9H2,1H3;9,12H,3-8H2,1-2H3;3-8H2,1-2H3;7H,3-6H2,1-2H3/p+8. The molecule has 0 aliphatic carbocycles. The number of rotatable bonds is 43. The van der Waals surface area contributed by atoms with Crippen LogP contribution in [0.3, 0.4) is 0 Å². The number of hydrogen-bond acceptors (Lipinski definition) is 23. The van der Waals surface area contributed by atoms with Crippen molar-refractivity contribution in [1.82, 2.24) is 25.2 Å². The lowest BCUT2D eigenvalue weighted by atomic mass is 10.2. The van der Waals surface area contributed by atoms with Crippen molar-refractivity contribution in [1.29, 1.82) is 0 Å². The number of aromatic amines is 5. The molecule has 4 aromatic carbocycles. The molecule has 3 saturated heterocycles. The highest BCUT2D eigenvalue weighted by atomic mass is 127. The van der Waals surface area contributed by atoms with Crippen molar-refractivity contribution in [3.05, 3.63) is 144 Å². The van der Waals surface area contributed by atoms with Gasteiger partial charge in [0.25, 0.3) is 11.6 Å². The Morgan fingerprint density at radius 3 is 1.55 bits per heavy atom. The molecule has 5 aliphatic rings. The summed E-state index contributed by atoms with van der Waals surface area (Å²) in [5.41, 5.74) is 7.40. The number of likely N-dealkylation sites (N-methyl/N-ethyl adjacent to an activating group) is 1. The van der Waals surface area contributed by atoms with Crippen molar-refractivity contribution >= 4 is 303 Å². The highest BCUT2D eigenvalue weighted by molar-refractivity contribution is 14.1. The fourth-order valence-corrected chi connectivity index (χ4v) is 15.1. The van der Waals surface area contributed by atoms with E-state index < -0.39 is 10.3 Å². The summed E-state index contributed by atoms with van der Waals surface area (Å²) >= 11 is 18.6. The predicted molar refractivity (Wildman–Crippen MR) is 630 cm³/mol. The Balaban J connectivity index is 0.000000336. The van der Waals surface area contributed by atoms with E-state index in [1.165, 1.54) is 42.8 Å². The number of carbonyl (C=O) groups is 9. The summed E-state index contributed by atoms with van der Waals surface area (Å²) < 4.78 is 56.8. The van der Waals surface area contributed by atoms with Crippen LogP contribution in [0.5, 0.6) is 0 Å². The molecule has 3 fully saturated rings. The first-order valence-electron chi connectivity index (χ1n) is 48.5. The maximum Gasteiger partial charge on any atom is 0.324 e. The van der Waals surface area contributed by atoms with E-state index in [0.717, 1.165) is 207 Å². The summed E-state index contributed by atoms with van der Waals surface area (Å²) in [7, 11) is 3.86. The Morgan fingerprint density at radius 2 is 1.01 bits per heavy atom. The molecule has 0 radical (unpaired) electrons. The van der Waals surface area contributed by atoms with Gasteiger partial charge in [-0.2, -0.15) is 4.99 Å². The first-order chi connectivity index (χ1) is 68.0. The van der Waals surface area contributed by atoms with Gasteiger partial charge in [-0.15, -0.1) is 0 Å². The summed E-state index contributed by atoms with van der Waals surface area (Å²) in [5.74, 6) is 1.33. The zero-order valence-electron chi connectivity index (χ0n) is 84.8. The van der Waals surface area contributed by atoms with E-state index in [2.05, 4.69) is 250 Å². The number of piperazine rings is 1. The number of hydrogen-bond donors (Lipinski definition) is 9. The van der Waals surface area contributed by atoms with Gasteiger partial charge in [0.1, 0.15) is 118 Å². The van der Waals surface area contributed by atoms with Gasteiger partial charge >= 0.3 is 53.7 Å². The molecule has 3 aromatic heterocycles. The van der Waals surface area contributed by atoms with Crippen molar-refractivity contribution in [3.8, 4) is 0 Å². The lowest BCUT2D eigenvalue weighted by molar-refractivity contribution is -0.908. The number of unbranched alkanes of at least 4 members (excludes halogenated alkanes) is 1. The number of nitrogens with two attached hydrogens (primary N) is 2. The van der Waals surface area contributed by atoms with Gasteiger partial charge in [0.05, 0.1) is 98.5 Å². The van der Waals surface area contributed by atoms with E-state index in [9.17, 15) is 43.2 Å². The molecule has 12 rings (SSSR count). The summed E-state index contributed by atoms with van der Waals surface area (Å²) in [4.78, 5) is 129. The number of halogens is 9. The van der Waals surface area contributed by atoms with Gasteiger partial charge in [0.15, 0.2) is 29.9 Å². The highest BCUT2D eigenvalue weighted by Crippen LogP contribution is 2.27. The van der Waals surface area contributed by atoms with E-state index in [1.807, 2.05) is 201 Å². The van der Waals surface area contributed by atoms with E-state index >= 15 is 0 Å². The summed E-state index contributed by atoms with van der Waals surface area (Å²) in [6.45, 7) is 44.2. The number of para-hydroxylation sites is 5. The van der Waals surface area contributed by atoms with Crippen LogP contribution in [0.4, 0.5) is 11.4 Å². The number of amidine groups is 1. The molecule has 6 atom stereocenters. The van der Waals surface area contributed by atoms with Crippen LogP contribution < -0.4 is 40.6 Å². The molecule has 34 nitrogen and oxygen atoms in total. The maximum absolute atomic E-state index is 11.8. The second-order valence-electron chi connectivity index (χ2n) is 35.5. The molecule has 0 bridgehead atoms. The summed E-state index contributed by atoms with van der Waals surface area (Å²) in [5, 5.41) is 8.46. The van der Waals surface area contributed by atoms with Crippen LogP contribution in [-0.2, 0) is 115 Å². The van der Waals surface area contributed by atoms with Crippen molar-refractivity contribution < 1.29 is 135 Å². The second-order valence-corrected chi connectivity index (χ2v) is 54.2. The fourth-order valence-electron chi connectivity index (χ4n) is 13.2. The highest BCUT2D eigenvalue weighted by Gasteiger charge is 2.30. The van der Waals surface area contributed by atoms with Crippen LogP contribution in [0.15, 0.2) is 127 Å². The van der Waals surface area contributed by atoms with Gasteiger partial charge in [-0.25, -0.2) is 19.9 Å². The monoisotopic (exact) mass is 3010 g/mol. The number of ether oxygens (including phenoxy) is 11. The summed E-state index contributed by atoms with van der Waals surface area (Å²) in [6, 6.07) is 35.7. The first kappa shape index (κ1) is 131. The Kier molecular flexibility index (Phi) is 69.1. The van der Waals surface area contributed by atoms with Gasteiger partial charge < -0.3 is 77.1 Å². The minimum Gasteiger partial charge on any atom is -0.465 e. The van der Waals surface area contributed by atoms with Crippen LogP contribution in [0.25, 0.3) is 21.9 Å². The van der Waals surface area contributed by atoms with Crippen molar-refractivity contribution in [3.63, 3.8) is 0 Å². The van der Waals surface area contributed by atoms with Crippen LogP contribution in [-0.4, -0.2) is 312 Å². The number of esters is 9. The predicted octanol–water partition coefficient (Wildman–Crippen LogP) is 9.47. The van der Waals surface area contributed by atoms with Gasteiger partial charge in [-0.3, -0.25) is 63.3 Å². The molecule has 143 heavy (non-hydrogen) atoms. The number of aromatic nitrogens is 5. The molecule has 798 valence electrons. The second kappa shape index (κ2) is 75.4. The zero-order chi connectivity index (χ0) is 106. The normalized spacial score (nSPS) is 15.3. The molecular formula is C100H153I9N14O20+8. The smallest absolute Gasteiger partial charge is 0.324 e. The Hall–Kier alpha value is -4.28. The largest absolute Gasteiger partial charge is 0.465 e. The molecule has 6 unspecified atom stereocenters. The summed E-state index contributed by atoms with van der Waals surface area (Å²) in [6.07, 6.45) is 14.6. The minimum atomic E-state index is -0.426. The van der Waals surface area contributed by atoms with E-state index in [-0.39, 0.29) is 90.5 Å². The molecule has 7 aromatic rings. The van der Waals surface area contributed by atoms with Crippen LogP contribution >= 0.6 is 203 Å². The molecule has 8 heterocycles. The molecule has 5 aliphatic heterocycles. The maximum atomic E-state index is 11.8. The number of imidazole rings is 2. The fraction of sp³-hybridized carbons (Fsp3) is 0.590. The van der Waals surface area contributed by atoms with Gasteiger partial charge in [-0.1, -0.05) is 276 Å². The number of methoxy groups -OCH3 is 1. The van der Waals surface area contributed by atoms with Crippen LogP contribution in [0.1, 0.15) is 148 Å². The average molecular weight is 3010 g/mol. The number of nitrogens with zero attached hydrogens (tertiary/aromatic N) is 3. The molecule has 0 amide bonds. The minimum absolute atomic E-state index is 0.0394. The van der Waals surface area contributed by atoms with Crippen molar-refractivity contribution in [2.45, 2.75) is 174 Å².